The number of ether oxygens (including phenoxy) is 1. The van der Waals surface area contributed by atoms with Gasteiger partial charge in [-0.15, -0.1) is 0 Å². The van der Waals surface area contributed by atoms with Crippen molar-refractivity contribution >= 4 is 18.0 Å². The Morgan fingerprint density at radius 3 is 2.17 bits per heavy atom. The number of hydrogen-bond donors (Lipinski definition) is 2. The second-order valence-electron chi connectivity index (χ2n) is 5.23. The smallest absolute Gasteiger partial charge is 0.338 e. The molecule has 0 fully saturated rings. The summed E-state index contributed by atoms with van der Waals surface area (Å²) < 4.78 is 5.30. The molecule has 1 aromatic rings. The number of carbonyl (C=O) groups excluding carboxylic acids is 1. The minimum atomic E-state index is -0.268. The number of quaternary nitrogens is 2. The van der Waals surface area contributed by atoms with E-state index in [0.29, 0.717) is 12.2 Å². The molecule has 1 rings (SSSR count). The molecule has 1 aromatic carbocycles. The first-order chi connectivity index (χ1) is 10.1. The molecule has 0 aliphatic heterocycles. The van der Waals surface area contributed by atoms with Gasteiger partial charge >= 0.3 is 5.97 Å². The van der Waals surface area contributed by atoms with E-state index in [2.05, 4.69) is 18.8 Å². The monoisotopic (exact) mass is 363 g/mol. The minimum absolute atomic E-state index is 0. The Labute approximate surface area is 151 Å². The summed E-state index contributed by atoms with van der Waals surface area (Å²) in [5.41, 5.74) is 1.40. The molecule has 7 heteroatoms. The second kappa shape index (κ2) is 13.3. The Kier molecular flexibility index (Phi) is 14.0. The van der Waals surface area contributed by atoms with Gasteiger partial charge in [0.05, 0.1) is 38.4 Å². The Morgan fingerprint density at radius 1 is 1.13 bits per heavy atom. The molecule has 0 heterocycles. The van der Waals surface area contributed by atoms with Crippen LogP contribution in [0.5, 0.6) is 0 Å². The van der Waals surface area contributed by atoms with E-state index < -0.39 is 0 Å². The summed E-state index contributed by atoms with van der Waals surface area (Å²) in [4.78, 5) is 18.8. The quantitative estimate of drug-likeness (QED) is 0.274. The van der Waals surface area contributed by atoms with Gasteiger partial charge in [-0.3, -0.25) is 4.90 Å². The van der Waals surface area contributed by atoms with Gasteiger partial charge < -0.3 is 34.5 Å². The summed E-state index contributed by atoms with van der Waals surface area (Å²) in [7, 11) is 3.99. The number of carbonyl (C=O) groups is 1. The zero-order chi connectivity index (χ0) is 15.7. The lowest BCUT2D eigenvalue weighted by Gasteiger charge is -2.14. The highest BCUT2D eigenvalue weighted by molar-refractivity contribution is 5.89. The van der Waals surface area contributed by atoms with Crippen molar-refractivity contribution in [3.8, 4) is 0 Å². The van der Waals surface area contributed by atoms with E-state index in [-0.39, 0.29) is 30.8 Å². The van der Waals surface area contributed by atoms with E-state index in [9.17, 15) is 4.79 Å². The van der Waals surface area contributed by atoms with Crippen molar-refractivity contribution in [1.29, 1.82) is 0 Å². The summed E-state index contributed by atoms with van der Waals surface area (Å²) in [5, 5.41) is 0. The third-order valence-electron chi connectivity index (χ3n) is 3.26. The topological polar surface area (TPSA) is 47.5 Å². The highest BCUT2D eigenvalue weighted by Gasteiger charge is 2.09. The molecule has 0 saturated heterocycles. The lowest BCUT2D eigenvalue weighted by Crippen LogP contribution is -3.11. The van der Waals surface area contributed by atoms with Crippen molar-refractivity contribution < 1.29 is 44.1 Å². The maximum absolute atomic E-state index is 11.9. The van der Waals surface area contributed by atoms with Crippen molar-refractivity contribution in [2.75, 3.05) is 40.3 Å². The maximum Gasteiger partial charge on any atom is 0.338 e. The van der Waals surface area contributed by atoms with Crippen LogP contribution >= 0.6 is 0 Å². The Hall–Kier alpha value is -1.14. The van der Waals surface area contributed by atoms with E-state index in [1.54, 1.807) is 18.5 Å². The average Bonchev–Trinajstić information content (AvgIpc) is 2.50. The molecule has 132 valence electrons. The van der Waals surface area contributed by atoms with E-state index in [4.69, 9.17) is 4.74 Å². The molecule has 23 heavy (non-hydrogen) atoms. The Morgan fingerprint density at radius 2 is 1.70 bits per heavy atom. The zero-order valence-corrected chi connectivity index (χ0v) is 15.7. The highest BCUT2D eigenvalue weighted by Crippen LogP contribution is 2.12. The van der Waals surface area contributed by atoms with Crippen molar-refractivity contribution in [2.24, 2.45) is 4.99 Å². The average molecular weight is 364 g/mol. The van der Waals surface area contributed by atoms with Crippen molar-refractivity contribution in [1.82, 2.24) is 0 Å². The van der Waals surface area contributed by atoms with E-state index in [0.717, 1.165) is 30.2 Å². The SMILES string of the molecule is CC[NH+](CC)CCOC(=O)c1ccc(N=C[NH+](C)C)cc1.[Cl-].[Cl-]. The normalized spacial score (nSPS) is 10.5. The van der Waals surface area contributed by atoms with Gasteiger partial charge in [-0.2, -0.15) is 0 Å². The molecule has 0 unspecified atom stereocenters. The summed E-state index contributed by atoms with van der Waals surface area (Å²) in [6, 6.07) is 7.16. The number of nitrogens with one attached hydrogen (secondary N) is 2. The first-order valence-electron chi connectivity index (χ1n) is 7.51. The van der Waals surface area contributed by atoms with Crippen LogP contribution in [0.4, 0.5) is 5.69 Å². The number of likely N-dealkylation sites (N-methyl/N-ethyl adjacent to an activating group) is 1. The van der Waals surface area contributed by atoms with Gasteiger partial charge in [0, 0.05) is 0 Å². The van der Waals surface area contributed by atoms with Crippen LogP contribution < -0.4 is 34.6 Å². The molecule has 2 N–H and O–H groups in total. The molecular formula is C16H27Cl2N3O2. The fourth-order valence-electron chi connectivity index (χ4n) is 1.86. The number of halogens is 2. The molecule has 0 spiro atoms. The van der Waals surface area contributed by atoms with Crippen LogP contribution in [0.2, 0.25) is 0 Å². The van der Waals surface area contributed by atoms with Crippen LogP contribution in [0.3, 0.4) is 0 Å². The molecule has 0 atom stereocenters. The Balaban J connectivity index is 0. The molecule has 5 nitrogen and oxygen atoms in total. The Bertz CT molecular complexity index is 461. The van der Waals surface area contributed by atoms with Gasteiger partial charge in [-0.25, -0.2) is 9.79 Å². The molecular weight excluding hydrogens is 337 g/mol. The predicted molar refractivity (Wildman–Crippen MR) is 84.6 cm³/mol. The zero-order valence-electron chi connectivity index (χ0n) is 14.2. The fraction of sp³-hybridized carbons (Fsp3) is 0.500. The molecule has 0 radical (unpaired) electrons. The van der Waals surface area contributed by atoms with Gasteiger partial charge in [0.15, 0.2) is 6.34 Å². The van der Waals surface area contributed by atoms with Crippen LogP contribution in [-0.4, -0.2) is 52.6 Å². The molecule has 0 aromatic heterocycles. The van der Waals surface area contributed by atoms with Crippen molar-refractivity contribution in [2.45, 2.75) is 13.8 Å². The van der Waals surface area contributed by atoms with Crippen LogP contribution in [-0.2, 0) is 4.74 Å². The molecule has 0 bridgehead atoms. The van der Waals surface area contributed by atoms with Crippen LogP contribution in [0.15, 0.2) is 29.3 Å². The number of rotatable bonds is 8. The molecule has 0 amide bonds. The lowest BCUT2D eigenvalue weighted by molar-refractivity contribution is -0.896. The van der Waals surface area contributed by atoms with Crippen LogP contribution in [0.1, 0.15) is 24.2 Å². The molecule has 0 aliphatic rings. The summed E-state index contributed by atoms with van der Waals surface area (Å²) >= 11 is 0. The second-order valence-corrected chi connectivity index (χ2v) is 5.23. The molecule has 0 aliphatic carbocycles. The number of benzene rings is 1. The maximum atomic E-state index is 11.9. The first-order valence-corrected chi connectivity index (χ1v) is 7.51. The van der Waals surface area contributed by atoms with Gasteiger partial charge in [0.2, 0.25) is 0 Å². The molecule has 0 saturated carbocycles. The summed E-state index contributed by atoms with van der Waals surface area (Å²) in [6.07, 6.45) is 1.81. The third-order valence-corrected chi connectivity index (χ3v) is 3.26. The standard InChI is InChI=1S/C16H25N3O2.2ClH/c1-5-19(6-2)11-12-21-16(20)14-7-9-15(10-8-14)17-13-18(3)4;;/h7-10,13H,5-6,11-12H2,1-4H3;2*1H. The number of hydrogen-bond acceptors (Lipinski definition) is 3. The lowest BCUT2D eigenvalue weighted by atomic mass is 10.2. The highest BCUT2D eigenvalue weighted by atomic mass is 35.5. The largest absolute Gasteiger partial charge is 1.00 e. The number of esters is 1. The number of nitrogens with zero attached hydrogens (tertiary/aromatic N) is 1. The van der Waals surface area contributed by atoms with E-state index in [1.165, 1.54) is 4.90 Å². The van der Waals surface area contributed by atoms with Gasteiger partial charge in [0.25, 0.3) is 0 Å². The van der Waals surface area contributed by atoms with Gasteiger partial charge in [-0.05, 0) is 38.1 Å². The number of aliphatic imine (C=N–C) groups is 1. The van der Waals surface area contributed by atoms with Crippen molar-refractivity contribution in [3.05, 3.63) is 29.8 Å². The van der Waals surface area contributed by atoms with Crippen LogP contribution in [0.25, 0.3) is 0 Å². The summed E-state index contributed by atoms with van der Waals surface area (Å²) in [6.45, 7) is 7.68. The van der Waals surface area contributed by atoms with Crippen LogP contribution in [0, 0.1) is 0 Å². The first kappa shape index (κ1) is 24.1. The third kappa shape index (κ3) is 9.56. The summed E-state index contributed by atoms with van der Waals surface area (Å²) in [5.74, 6) is -0.268. The van der Waals surface area contributed by atoms with E-state index >= 15 is 0 Å². The van der Waals surface area contributed by atoms with Gasteiger partial charge in [0.1, 0.15) is 13.2 Å². The van der Waals surface area contributed by atoms with E-state index in [1.807, 2.05) is 26.2 Å². The van der Waals surface area contributed by atoms with Crippen molar-refractivity contribution in [3.63, 3.8) is 0 Å². The predicted octanol–water partition coefficient (Wildman–Crippen LogP) is -6.42. The minimum Gasteiger partial charge on any atom is -1.00 e. The fourth-order valence-corrected chi connectivity index (χ4v) is 1.86. The van der Waals surface area contributed by atoms with Gasteiger partial charge in [-0.1, -0.05) is 0 Å².